The second-order valence-electron chi connectivity index (χ2n) is 6.71. The molecule has 0 aromatic heterocycles. The predicted molar refractivity (Wildman–Crippen MR) is 111 cm³/mol. The molecule has 2 amide bonds. The predicted octanol–water partition coefficient (Wildman–Crippen LogP) is 4.94. The smallest absolute Gasteiger partial charge is 0.254 e. The van der Waals surface area contributed by atoms with Crippen molar-refractivity contribution in [3.8, 4) is 5.75 Å². The summed E-state index contributed by atoms with van der Waals surface area (Å²) in [6.07, 6.45) is 1.37. The molecule has 1 saturated heterocycles. The van der Waals surface area contributed by atoms with Gasteiger partial charge in [-0.05, 0) is 62.6 Å². The lowest BCUT2D eigenvalue weighted by Crippen LogP contribution is -2.43. The van der Waals surface area contributed by atoms with Crippen LogP contribution in [0.2, 0.25) is 10.0 Å². The first-order valence-electron chi connectivity index (χ1n) is 9.21. The number of hydrogen-bond donors (Lipinski definition) is 1. The van der Waals surface area contributed by atoms with Gasteiger partial charge in [-0.3, -0.25) is 9.59 Å². The number of ether oxygens (including phenoxy) is 1. The number of carbonyl (C=O) groups is 2. The number of hydrogen-bond acceptors (Lipinski definition) is 3. The molecule has 1 atom stereocenters. The van der Waals surface area contributed by atoms with E-state index in [-0.39, 0.29) is 11.8 Å². The normalized spacial score (nSPS) is 16.1. The first-order chi connectivity index (χ1) is 13.4. The zero-order valence-corrected chi connectivity index (χ0v) is 17.3. The number of amides is 2. The van der Waals surface area contributed by atoms with E-state index in [4.69, 9.17) is 27.9 Å². The van der Waals surface area contributed by atoms with Crippen LogP contribution in [0.25, 0.3) is 0 Å². The number of rotatable bonds is 5. The molecule has 1 aliphatic rings. The van der Waals surface area contributed by atoms with Gasteiger partial charge < -0.3 is 15.0 Å². The lowest BCUT2D eigenvalue weighted by Gasteiger charge is -2.24. The third-order valence-corrected chi connectivity index (χ3v) is 5.42. The average molecular weight is 421 g/mol. The van der Waals surface area contributed by atoms with Gasteiger partial charge >= 0.3 is 0 Å². The molecule has 2 aromatic carbocycles. The molecular formula is C21H22Cl2N2O3. The van der Waals surface area contributed by atoms with Crippen molar-refractivity contribution in [1.29, 1.82) is 0 Å². The van der Waals surface area contributed by atoms with Crippen molar-refractivity contribution in [2.45, 2.75) is 32.7 Å². The molecule has 3 rings (SSSR count). The van der Waals surface area contributed by atoms with E-state index < -0.39 is 6.04 Å². The number of halogens is 2. The monoisotopic (exact) mass is 420 g/mol. The minimum atomic E-state index is -0.544. The van der Waals surface area contributed by atoms with E-state index in [0.717, 1.165) is 12.0 Å². The molecule has 1 unspecified atom stereocenters. The molecule has 5 nitrogen and oxygen atoms in total. The minimum absolute atomic E-state index is 0.226. The molecule has 0 radical (unpaired) electrons. The number of aryl methyl sites for hydroxylation is 1. The summed E-state index contributed by atoms with van der Waals surface area (Å²) in [6, 6.07) is 9.81. The molecule has 2 aromatic rings. The summed E-state index contributed by atoms with van der Waals surface area (Å²) in [6.45, 7) is 4.87. The molecular weight excluding hydrogens is 399 g/mol. The number of likely N-dealkylation sites (tertiary alicyclic amines) is 1. The van der Waals surface area contributed by atoms with Gasteiger partial charge in [0.2, 0.25) is 5.91 Å². The van der Waals surface area contributed by atoms with E-state index in [0.29, 0.717) is 46.6 Å². The van der Waals surface area contributed by atoms with Gasteiger partial charge in [0.25, 0.3) is 5.91 Å². The molecule has 1 aliphatic heterocycles. The van der Waals surface area contributed by atoms with Crippen molar-refractivity contribution in [2.24, 2.45) is 0 Å². The number of benzene rings is 2. The lowest BCUT2D eigenvalue weighted by molar-refractivity contribution is -0.119. The highest BCUT2D eigenvalue weighted by Crippen LogP contribution is 2.29. The molecule has 148 valence electrons. The largest absolute Gasteiger partial charge is 0.492 e. The van der Waals surface area contributed by atoms with Gasteiger partial charge in [-0.1, -0.05) is 29.3 Å². The van der Waals surface area contributed by atoms with Crippen molar-refractivity contribution < 1.29 is 14.3 Å². The molecule has 0 saturated carbocycles. The Morgan fingerprint density at radius 1 is 1.18 bits per heavy atom. The Labute approximate surface area is 174 Å². The zero-order chi connectivity index (χ0) is 20.3. The molecule has 1 fully saturated rings. The SMILES string of the molecule is CCOc1cc(C)ccc1NC(=O)C1CCCN1C(=O)c1ccc(Cl)c(Cl)c1. The third-order valence-electron chi connectivity index (χ3n) is 4.68. The standard InChI is InChI=1S/C21H22Cl2N2O3/c1-3-28-19-11-13(2)6-9-17(19)24-20(26)18-5-4-10-25(18)21(27)14-7-8-15(22)16(23)12-14/h6-9,11-12,18H,3-5,10H2,1-2H3,(H,24,26). The Kier molecular flexibility index (Phi) is 6.47. The van der Waals surface area contributed by atoms with Crippen molar-refractivity contribution in [3.05, 3.63) is 57.6 Å². The van der Waals surface area contributed by atoms with E-state index in [1.807, 2.05) is 32.0 Å². The second kappa shape index (κ2) is 8.84. The van der Waals surface area contributed by atoms with Crippen molar-refractivity contribution >= 4 is 40.7 Å². The highest BCUT2D eigenvalue weighted by molar-refractivity contribution is 6.42. The van der Waals surface area contributed by atoms with Gasteiger partial charge in [-0.2, -0.15) is 0 Å². The topological polar surface area (TPSA) is 58.6 Å². The van der Waals surface area contributed by atoms with Crippen molar-refractivity contribution in [3.63, 3.8) is 0 Å². The van der Waals surface area contributed by atoms with Crippen LogP contribution in [0.3, 0.4) is 0 Å². The molecule has 7 heteroatoms. The van der Waals surface area contributed by atoms with Gasteiger partial charge in [0, 0.05) is 12.1 Å². The summed E-state index contributed by atoms with van der Waals surface area (Å²) in [5.41, 5.74) is 2.06. The van der Waals surface area contributed by atoms with Crippen LogP contribution in [0.4, 0.5) is 5.69 Å². The van der Waals surface area contributed by atoms with Crippen LogP contribution in [0, 0.1) is 6.92 Å². The first kappa shape index (κ1) is 20.5. The maximum atomic E-state index is 12.9. The highest BCUT2D eigenvalue weighted by atomic mass is 35.5. The lowest BCUT2D eigenvalue weighted by atomic mass is 10.1. The van der Waals surface area contributed by atoms with Gasteiger partial charge in [-0.25, -0.2) is 0 Å². The Morgan fingerprint density at radius 3 is 2.68 bits per heavy atom. The zero-order valence-electron chi connectivity index (χ0n) is 15.8. The molecule has 0 aliphatic carbocycles. The summed E-state index contributed by atoms with van der Waals surface area (Å²) >= 11 is 12.0. The Bertz CT molecular complexity index is 901. The summed E-state index contributed by atoms with van der Waals surface area (Å²) in [7, 11) is 0. The molecule has 1 N–H and O–H groups in total. The fourth-order valence-corrected chi connectivity index (χ4v) is 3.60. The van der Waals surface area contributed by atoms with Gasteiger partial charge in [0.1, 0.15) is 11.8 Å². The molecule has 1 heterocycles. The fraction of sp³-hybridized carbons (Fsp3) is 0.333. The number of nitrogens with one attached hydrogen (secondary N) is 1. The number of carbonyl (C=O) groups excluding carboxylic acids is 2. The second-order valence-corrected chi connectivity index (χ2v) is 7.52. The molecule has 0 spiro atoms. The fourth-order valence-electron chi connectivity index (χ4n) is 3.30. The van der Waals surface area contributed by atoms with E-state index in [9.17, 15) is 9.59 Å². The Morgan fingerprint density at radius 2 is 1.96 bits per heavy atom. The Balaban J connectivity index is 1.78. The molecule has 0 bridgehead atoms. The van der Waals surface area contributed by atoms with Gasteiger partial charge in [-0.15, -0.1) is 0 Å². The Hall–Kier alpha value is -2.24. The van der Waals surface area contributed by atoms with Gasteiger partial charge in [0.15, 0.2) is 0 Å². The van der Waals surface area contributed by atoms with Crippen LogP contribution in [-0.2, 0) is 4.79 Å². The van der Waals surface area contributed by atoms with E-state index >= 15 is 0 Å². The van der Waals surface area contributed by atoms with Crippen LogP contribution < -0.4 is 10.1 Å². The average Bonchev–Trinajstić information content (AvgIpc) is 3.15. The summed E-state index contributed by atoms with van der Waals surface area (Å²) in [5.74, 6) is 0.164. The summed E-state index contributed by atoms with van der Waals surface area (Å²) in [5, 5.41) is 3.62. The third kappa shape index (κ3) is 4.42. The van der Waals surface area contributed by atoms with Crippen LogP contribution in [0.5, 0.6) is 5.75 Å². The van der Waals surface area contributed by atoms with Crippen molar-refractivity contribution in [2.75, 3.05) is 18.5 Å². The number of anilines is 1. The molecule has 28 heavy (non-hydrogen) atoms. The quantitative estimate of drug-likeness (QED) is 0.744. The summed E-state index contributed by atoms with van der Waals surface area (Å²) < 4.78 is 5.63. The van der Waals surface area contributed by atoms with E-state index in [1.165, 1.54) is 6.07 Å². The number of nitrogens with zero attached hydrogens (tertiary/aromatic N) is 1. The van der Waals surface area contributed by atoms with Crippen LogP contribution in [-0.4, -0.2) is 35.9 Å². The minimum Gasteiger partial charge on any atom is -0.492 e. The van der Waals surface area contributed by atoms with Gasteiger partial charge in [0.05, 0.1) is 22.3 Å². The van der Waals surface area contributed by atoms with Crippen LogP contribution in [0.15, 0.2) is 36.4 Å². The van der Waals surface area contributed by atoms with E-state index in [2.05, 4.69) is 5.32 Å². The van der Waals surface area contributed by atoms with E-state index in [1.54, 1.807) is 17.0 Å². The maximum Gasteiger partial charge on any atom is 0.254 e. The van der Waals surface area contributed by atoms with Crippen LogP contribution in [0.1, 0.15) is 35.7 Å². The summed E-state index contributed by atoms with van der Waals surface area (Å²) in [4.78, 5) is 27.4. The van der Waals surface area contributed by atoms with Crippen LogP contribution >= 0.6 is 23.2 Å². The first-order valence-corrected chi connectivity index (χ1v) is 9.96. The van der Waals surface area contributed by atoms with Crippen molar-refractivity contribution in [1.82, 2.24) is 4.90 Å². The maximum absolute atomic E-state index is 12.9. The highest BCUT2D eigenvalue weighted by Gasteiger charge is 2.35.